The van der Waals surface area contributed by atoms with Crippen LogP contribution >= 0.6 is 11.6 Å². The molecular weight excluding hydrogens is 412 g/mol. The number of nitrogens with one attached hydrogen (secondary N) is 1. The molecule has 148 valence electrons. The molecule has 0 aliphatic carbocycles. The second kappa shape index (κ2) is 8.89. The van der Waals surface area contributed by atoms with Crippen LogP contribution < -0.4 is 9.61 Å². The van der Waals surface area contributed by atoms with Gasteiger partial charge in [-0.3, -0.25) is 4.79 Å². The van der Waals surface area contributed by atoms with Crippen LogP contribution in [0, 0.1) is 6.92 Å². The van der Waals surface area contributed by atoms with Crippen molar-refractivity contribution in [2.24, 2.45) is 5.10 Å². The van der Waals surface area contributed by atoms with Crippen molar-refractivity contribution in [3.05, 3.63) is 94.5 Å². The van der Waals surface area contributed by atoms with Crippen molar-refractivity contribution in [3.63, 3.8) is 0 Å². The molecule has 0 aromatic heterocycles. The average Bonchev–Trinajstić information content (AvgIpc) is 2.70. The number of carbonyl (C=O) groups is 1. The van der Waals surface area contributed by atoms with Crippen molar-refractivity contribution in [1.29, 1.82) is 0 Å². The van der Waals surface area contributed by atoms with Gasteiger partial charge in [0.1, 0.15) is 10.6 Å². The van der Waals surface area contributed by atoms with Gasteiger partial charge in [0, 0.05) is 10.6 Å². The number of benzene rings is 3. The molecule has 29 heavy (non-hydrogen) atoms. The molecular formula is C21H17ClN2O4S. The molecule has 0 unspecified atom stereocenters. The Hall–Kier alpha value is -3.16. The Morgan fingerprint density at radius 1 is 0.966 bits per heavy atom. The molecule has 8 heteroatoms. The van der Waals surface area contributed by atoms with Crippen LogP contribution in [0.25, 0.3) is 0 Å². The monoisotopic (exact) mass is 428 g/mol. The van der Waals surface area contributed by atoms with Crippen LogP contribution in [0.15, 0.2) is 82.8 Å². The van der Waals surface area contributed by atoms with E-state index in [0.29, 0.717) is 16.1 Å². The number of hydrogen-bond donors (Lipinski definition) is 1. The first-order chi connectivity index (χ1) is 13.8. The number of nitrogens with zero attached hydrogens (tertiary/aromatic N) is 1. The summed E-state index contributed by atoms with van der Waals surface area (Å²) in [7, 11) is -3.90. The van der Waals surface area contributed by atoms with Gasteiger partial charge >= 0.3 is 10.1 Å². The highest BCUT2D eigenvalue weighted by Crippen LogP contribution is 2.19. The van der Waals surface area contributed by atoms with E-state index < -0.39 is 10.1 Å². The van der Waals surface area contributed by atoms with Crippen molar-refractivity contribution in [3.8, 4) is 5.75 Å². The molecule has 0 atom stereocenters. The first-order valence-electron chi connectivity index (χ1n) is 8.54. The molecule has 6 nitrogen and oxygen atoms in total. The Morgan fingerprint density at radius 3 is 2.21 bits per heavy atom. The summed E-state index contributed by atoms with van der Waals surface area (Å²) >= 11 is 5.79. The fraction of sp³-hybridized carbons (Fsp3) is 0.0476. The second-order valence-electron chi connectivity index (χ2n) is 6.13. The minimum atomic E-state index is -3.90. The van der Waals surface area contributed by atoms with Gasteiger partial charge in [0.05, 0.1) is 6.21 Å². The summed E-state index contributed by atoms with van der Waals surface area (Å²) in [6.45, 7) is 1.87. The predicted octanol–water partition coefficient (Wildman–Crippen LogP) is 4.18. The molecule has 0 bridgehead atoms. The highest BCUT2D eigenvalue weighted by Gasteiger charge is 2.16. The molecule has 0 saturated carbocycles. The van der Waals surface area contributed by atoms with E-state index in [1.54, 1.807) is 48.5 Å². The standard InChI is InChI=1S/C21H17ClN2O4S/c1-15-2-12-20(13-3-15)29(26,27)28-19-10-4-16(5-11-19)14-23-24-21(25)17-6-8-18(22)9-7-17/h2-14H,1H3,(H,24,25)/b23-14-. The van der Waals surface area contributed by atoms with E-state index in [-0.39, 0.29) is 16.6 Å². The summed E-state index contributed by atoms with van der Waals surface area (Å²) in [4.78, 5) is 12.0. The molecule has 0 aliphatic rings. The molecule has 0 radical (unpaired) electrons. The molecule has 0 saturated heterocycles. The van der Waals surface area contributed by atoms with Crippen LogP contribution in [0.4, 0.5) is 0 Å². The summed E-state index contributed by atoms with van der Waals surface area (Å²) < 4.78 is 29.7. The lowest BCUT2D eigenvalue weighted by molar-refractivity contribution is 0.0955. The number of rotatable bonds is 6. The van der Waals surface area contributed by atoms with E-state index >= 15 is 0 Å². The van der Waals surface area contributed by atoms with Gasteiger partial charge in [0.25, 0.3) is 5.91 Å². The maximum absolute atomic E-state index is 12.3. The SMILES string of the molecule is Cc1ccc(S(=O)(=O)Oc2ccc(/C=N\NC(=O)c3ccc(Cl)cc3)cc2)cc1. The number of amides is 1. The van der Waals surface area contributed by atoms with E-state index in [4.69, 9.17) is 15.8 Å². The minimum Gasteiger partial charge on any atom is -0.379 e. The fourth-order valence-electron chi connectivity index (χ4n) is 2.32. The van der Waals surface area contributed by atoms with Crippen LogP contribution in [0.5, 0.6) is 5.75 Å². The van der Waals surface area contributed by atoms with Crippen LogP contribution in [-0.2, 0) is 10.1 Å². The number of aryl methyl sites for hydroxylation is 1. The highest BCUT2D eigenvalue weighted by molar-refractivity contribution is 7.87. The minimum absolute atomic E-state index is 0.0821. The first-order valence-corrected chi connectivity index (χ1v) is 10.3. The van der Waals surface area contributed by atoms with E-state index in [1.807, 2.05) is 6.92 Å². The molecule has 1 amide bonds. The number of hydrazone groups is 1. The van der Waals surface area contributed by atoms with Crippen molar-refractivity contribution in [2.75, 3.05) is 0 Å². The van der Waals surface area contributed by atoms with E-state index in [2.05, 4.69) is 10.5 Å². The van der Waals surface area contributed by atoms with Gasteiger partial charge in [0.15, 0.2) is 0 Å². The largest absolute Gasteiger partial charge is 0.379 e. The Balaban J connectivity index is 1.61. The van der Waals surface area contributed by atoms with Gasteiger partial charge in [-0.05, 0) is 73.2 Å². The van der Waals surface area contributed by atoms with Gasteiger partial charge in [0.2, 0.25) is 0 Å². The summed E-state index contributed by atoms with van der Waals surface area (Å²) in [5.41, 5.74) is 4.44. The number of halogens is 1. The van der Waals surface area contributed by atoms with Gasteiger partial charge in [-0.25, -0.2) is 5.43 Å². The van der Waals surface area contributed by atoms with Crippen molar-refractivity contribution >= 4 is 33.8 Å². The van der Waals surface area contributed by atoms with Gasteiger partial charge in [-0.15, -0.1) is 0 Å². The van der Waals surface area contributed by atoms with Crippen molar-refractivity contribution < 1.29 is 17.4 Å². The number of hydrogen-bond acceptors (Lipinski definition) is 5. The van der Waals surface area contributed by atoms with Gasteiger partial charge in [-0.1, -0.05) is 29.3 Å². The Bertz CT molecular complexity index is 1120. The topological polar surface area (TPSA) is 84.8 Å². The lowest BCUT2D eigenvalue weighted by atomic mass is 10.2. The van der Waals surface area contributed by atoms with Gasteiger partial charge in [-0.2, -0.15) is 13.5 Å². The van der Waals surface area contributed by atoms with Crippen LogP contribution in [0.2, 0.25) is 5.02 Å². The molecule has 0 heterocycles. The zero-order chi connectivity index (χ0) is 20.9. The zero-order valence-corrected chi connectivity index (χ0v) is 16.9. The predicted molar refractivity (Wildman–Crippen MR) is 112 cm³/mol. The lowest BCUT2D eigenvalue weighted by Gasteiger charge is -2.07. The molecule has 1 N–H and O–H groups in total. The number of carbonyl (C=O) groups excluding carboxylic acids is 1. The molecule has 0 spiro atoms. The Kier molecular flexibility index (Phi) is 6.31. The van der Waals surface area contributed by atoms with E-state index in [9.17, 15) is 13.2 Å². The maximum atomic E-state index is 12.3. The third-order valence-electron chi connectivity index (χ3n) is 3.88. The highest BCUT2D eigenvalue weighted by atomic mass is 35.5. The Labute approximate surface area is 173 Å². The smallest absolute Gasteiger partial charge is 0.339 e. The normalized spacial score (nSPS) is 11.4. The molecule has 3 aromatic carbocycles. The van der Waals surface area contributed by atoms with Crippen LogP contribution in [0.3, 0.4) is 0 Å². The summed E-state index contributed by atoms with van der Waals surface area (Å²) in [6.07, 6.45) is 1.44. The molecule has 0 fully saturated rings. The summed E-state index contributed by atoms with van der Waals surface area (Å²) in [6, 6.07) is 19.1. The lowest BCUT2D eigenvalue weighted by Crippen LogP contribution is -2.17. The third kappa shape index (κ3) is 5.66. The van der Waals surface area contributed by atoms with Crippen LogP contribution in [0.1, 0.15) is 21.5 Å². The summed E-state index contributed by atoms with van der Waals surface area (Å²) in [5.74, 6) is -0.199. The molecule has 3 rings (SSSR count). The summed E-state index contributed by atoms with van der Waals surface area (Å²) in [5, 5.41) is 4.42. The van der Waals surface area contributed by atoms with Gasteiger partial charge < -0.3 is 4.18 Å². The molecule has 0 aliphatic heterocycles. The first kappa shape index (κ1) is 20.6. The average molecular weight is 429 g/mol. The second-order valence-corrected chi connectivity index (χ2v) is 8.11. The van der Waals surface area contributed by atoms with Crippen molar-refractivity contribution in [1.82, 2.24) is 5.43 Å². The van der Waals surface area contributed by atoms with Crippen LogP contribution in [-0.4, -0.2) is 20.5 Å². The quantitative estimate of drug-likeness (QED) is 0.362. The maximum Gasteiger partial charge on any atom is 0.339 e. The van der Waals surface area contributed by atoms with E-state index in [0.717, 1.165) is 5.56 Å². The Morgan fingerprint density at radius 2 is 1.59 bits per heavy atom. The molecule has 3 aromatic rings. The third-order valence-corrected chi connectivity index (χ3v) is 5.40. The van der Waals surface area contributed by atoms with E-state index in [1.165, 1.54) is 30.5 Å². The fourth-order valence-corrected chi connectivity index (χ4v) is 3.38. The van der Waals surface area contributed by atoms with Crippen molar-refractivity contribution in [2.45, 2.75) is 11.8 Å². The zero-order valence-electron chi connectivity index (χ0n) is 15.4.